The number of hydrogen-bond donors (Lipinski definition) is 0. The van der Waals surface area contributed by atoms with Gasteiger partial charge in [-0.1, -0.05) is 57.2 Å². The van der Waals surface area contributed by atoms with Crippen LogP contribution < -0.4 is 0 Å². The van der Waals surface area contributed by atoms with E-state index in [0.717, 1.165) is 16.5 Å². The summed E-state index contributed by atoms with van der Waals surface area (Å²) >= 11 is 0. The molecule has 176 valence electrons. The van der Waals surface area contributed by atoms with Gasteiger partial charge in [0.1, 0.15) is 19.0 Å². The van der Waals surface area contributed by atoms with Crippen molar-refractivity contribution < 1.29 is 19.1 Å². The Morgan fingerprint density at radius 2 is 1.74 bits per heavy atom. The molecule has 5 heteroatoms. The average Bonchev–Trinajstić information content (AvgIpc) is 3.12. The first-order valence-electron chi connectivity index (χ1n) is 11.8. The Bertz CT molecular complexity index is 1290. The maximum atomic E-state index is 13.3. The Morgan fingerprint density at radius 3 is 2.44 bits per heavy atom. The number of carbonyl (C=O) groups is 2. The Hall–Kier alpha value is -3.47. The van der Waals surface area contributed by atoms with Gasteiger partial charge < -0.3 is 9.47 Å². The fourth-order valence-corrected chi connectivity index (χ4v) is 3.89. The zero-order valence-corrected chi connectivity index (χ0v) is 20.5. The molecule has 0 N–H and O–H groups in total. The Balaban J connectivity index is 1.64. The lowest BCUT2D eigenvalue weighted by atomic mass is 9.91. The van der Waals surface area contributed by atoms with Gasteiger partial charge in [0.15, 0.2) is 5.78 Å². The summed E-state index contributed by atoms with van der Waals surface area (Å²) in [6.45, 7) is 10.3. The van der Waals surface area contributed by atoms with Crippen molar-refractivity contribution in [2.75, 3.05) is 13.2 Å². The molecule has 0 saturated heterocycles. The highest BCUT2D eigenvalue weighted by Gasteiger charge is 2.33. The number of pyridine rings is 1. The maximum absolute atomic E-state index is 13.3. The molecule has 3 aromatic rings. The summed E-state index contributed by atoms with van der Waals surface area (Å²) in [7, 11) is 0. The van der Waals surface area contributed by atoms with Gasteiger partial charge in [0.2, 0.25) is 0 Å². The van der Waals surface area contributed by atoms with Crippen LogP contribution in [0.5, 0.6) is 0 Å². The zero-order chi connectivity index (χ0) is 24.5. The van der Waals surface area contributed by atoms with E-state index in [0.29, 0.717) is 34.9 Å². The Morgan fingerprint density at radius 1 is 1.00 bits per heavy atom. The van der Waals surface area contributed by atoms with Crippen molar-refractivity contribution in [2.24, 2.45) is 5.41 Å². The molecular weight excluding hydrogens is 426 g/mol. The summed E-state index contributed by atoms with van der Waals surface area (Å²) in [5.74, 6) is 0.541. The van der Waals surface area contributed by atoms with E-state index in [1.54, 1.807) is 6.07 Å². The van der Waals surface area contributed by atoms with Gasteiger partial charge in [-0.25, -0.2) is 4.98 Å². The van der Waals surface area contributed by atoms with Gasteiger partial charge in [0.25, 0.3) is 0 Å². The van der Waals surface area contributed by atoms with Crippen LogP contribution in [-0.2, 0) is 14.3 Å². The molecule has 0 unspecified atom stereocenters. The van der Waals surface area contributed by atoms with E-state index in [2.05, 4.69) is 26.0 Å². The molecule has 0 fully saturated rings. The molecular formula is C29H31NO4. The van der Waals surface area contributed by atoms with Crippen LogP contribution in [0.3, 0.4) is 0 Å². The quantitative estimate of drug-likeness (QED) is 0.288. The highest BCUT2D eigenvalue weighted by Crippen LogP contribution is 2.39. The summed E-state index contributed by atoms with van der Waals surface area (Å²) in [4.78, 5) is 30.4. The van der Waals surface area contributed by atoms with Crippen LogP contribution in [0.4, 0.5) is 0 Å². The van der Waals surface area contributed by atoms with Crippen LogP contribution >= 0.6 is 0 Å². The van der Waals surface area contributed by atoms with Crippen LogP contribution in [0.15, 0.2) is 54.6 Å². The van der Waals surface area contributed by atoms with Gasteiger partial charge in [-0.2, -0.15) is 0 Å². The molecule has 5 nitrogen and oxygen atoms in total. The standard InChI is InChI=1S/C29H31NO4/c1-6-29(4,5)28(32)34-16-15-33-27-22-10-8-7-9-21(22)26(31)25(27)24-14-12-20-17-19(18(2)3)11-13-23(20)30-24/h7-14,17-18H,6,15-16H2,1-5H3. The predicted molar refractivity (Wildman–Crippen MR) is 134 cm³/mol. The van der Waals surface area contributed by atoms with Crippen molar-refractivity contribution in [3.05, 3.63) is 77.0 Å². The normalized spacial score (nSPS) is 13.5. The largest absolute Gasteiger partial charge is 0.489 e. The van der Waals surface area contributed by atoms with E-state index in [1.165, 1.54) is 5.56 Å². The second-order valence-corrected chi connectivity index (χ2v) is 9.60. The number of hydrogen-bond acceptors (Lipinski definition) is 5. The van der Waals surface area contributed by atoms with Crippen molar-refractivity contribution in [2.45, 2.75) is 47.0 Å². The minimum atomic E-state index is -0.537. The van der Waals surface area contributed by atoms with Gasteiger partial charge in [-0.3, -0.25) is 9.59 Å². The molecule has 34 heavy (non-hydrogen) atoms. The highest BCUT2D eigenvalue weighted by atomic mass is 16.6. The fourth-order valence-electron chi connectivity index (χ4n) is 3.89. The molecule has 1 aliphatic carbocycles. The number of ketones is 1. The lowest BCUT2D eigenvalue weighted by Crippen LogP contribution is -2.26. The smallest absolute Gasteiger partial charge is 0.311 e. The number of rotatable bonds is 8. The molecule has 2 aromatic carbocycles. The number of nitrogens with zero attached hydrogens (tertiary/aromatic N) is 1. The van der Waals surface area contributed by atoms with Crippen molar-refractivity contribution in [1.82, 2.24) is 4.98 Å². The van der Waals surface area contributed by atoms with Gasteiger partial charge >= 0.3 is 5.97 Å². The topological polar surface area (TPSA) is 65.5 Å². The number of aromatic nitrogens is 1. The first kappa shape index (κ1) is 23.7. The maximum Gasteiger partial charge on any atom is 0.311 e. The second kappa shape index (κ2) is 9.41. The third kappa shape index (κ3) is 4.47. The molecule has 0 aliphatic heterocycles. The fraction of sp³-hybridized carbons (Fsp3) is 0.345. The lowest BCUT2D eigenvalue weighted by Gasteiger charge is -2.20. The second-order valence-electron chi connectivity index (χ2n) is 9.60. The molecule has 0 spiro atoms. The highest BCUT2D eigenvalue weighted by molar-refractivity contribution is 6.38. The van der Waals surface area contributed by atoms with Crippen molar-refractivity contribution in [3.8, 4) is 0 Å². The summed E-state index contributed by atoms with van der Waals surface area (Å²) in [5, 5.41) is 1.03. The summed E-state index contributed by atoms with van der Waals surface area (Å²) in [6.07, 6.45) is 0.691. The number of benzene rings is 2. The molecule has 0 atom stereocenters. The van der Waals surface area contributed by atoms with E-state index < -0.39 is 5.41 Å². The first-order valence-corrected chi connectivity index (χ1v) is 11.8. The molecule has 0 bridgehead atoms. The number of Topliss-reactive ketones (excluding diaryl/α,β-unsaturated/α-hetero) is 1. The number of fused-ring (bicyclic) bond motifs is 2. The number of esters is 1. The van der Waals surface area contributed by atoms with Gasteiger partial charge in [-0.15, -0.1) is 0 Å². The van der Waals surface area contributed by atoms with E-state index in [9.17, 15) is 9.59 Å². The van der Waals surface area contributed by atoms with E-state index in [4.69, 9.17) is 14.5 Å². The number of ether oxygens (including phenoxy) is 2. The van der Waals surface area contributed by atoms with Crippen molar-refractivity contribution in [3.63, 3.8) is 0 Å². The third-order valence-corrected chi connectivity index (χ3v) is 6.51. The first-order chi connectivity index (χ1) is 16.2. The Kier molecular flexibility index (Phi) is 6.56. The third-order valence-electron chi connectivity index (χ3n) is 6.51. The minimum Gasteiger partial charge on any atom is -0.489 e. The van der Waals surface area contributed by atoms with Gasteiger partial charge in [0.05, 0.1) is 22.2 Å². The monoisotopic (exact) mass is 457 g/mol. The van der Waals surface area contributed by atoms with Crippen molar-refractivity contribution in [1.29, 1.82) is 0 Å². The molecule has 0 radical (unpaired) electrons. The number of carbonyl (C=O) groups excluding carboxylic acids is 2. The zero-order valence-electron chi connectivity index (χ0n) is 20.5. The molecule has 0 amide bonds. The van der Waals surface area contributed by atoms with E-state index in [1.807, 2.05) is 57.2 Å². The molecule has 4 rings (SSSR count). The van der Waals surface area contributed by atoms with Gasteiger partial charge in [-0.05, 0) is 49.9 Å². The molecule has 0 saturated carbocycles. The summed E-state index contributed by atoms with van der Waals surface area (Å²) in [6, 6.07) is 17.5. The van der Waals surface area contributed by atoms with Crippen LogP contribution in [0.2, 0.25) is 0 Å². The average molecular weight is 458 g/mol. The van der Waals surface area contributed by atoms with Crippen LogP contribution in [0, 0.1) is 5.41 Å². The number of allylic oxidation sites excluding steroid dienone is 1. The Labute approximate surface area is 200 Å². The summed E-state index contributed by atoms with van der Waals surface area (Å²) in [5.41, 5.74) is 3.88. The van der Waals surface area contributed by atoms with Crippen LogP contribution in [0.25, 0.3) is 22.2 Å². The minimum absolute atomic E-state index is 0.110. The van der Waals surface area contributed by atoms with Crippen LogP contribution in [-0.4, -0.2) is 30.0 Å². The predicted octanol–water partition coefficient (Wildman–Crippen LogP) is 6.42. The molecule has 1 aromatic heterocycles. The van der Waals surface area contributed by atoms with Crippen molar-refractivity contribution >= 4 is 34.0 Å². The lowest BCUT2D eigenvalue weighted by molar-refractivity contribution is -0.155. The van der Waals surface area contributed by atoms with Crippen LogP contribution in [0.1, 0.15) is 74.1 Å². The molecule has 1 aliphatic rings. The summed E-state index contributed by atoms with van der Waals surface area (Å²) < 4.78 is 11.5. The van der Waals surface area contributed by atoms with E-state index >= 15 is 0 Å². The van der Waals surface area contributed by atoms with Gasteiger partial charge in [0, 0.05) is 16.5 Å². The van der Waals surface area contributed by atoms with E-state index in [-0.39, 0.29) is 25.0 Å². The molecule has 1 heterocycles. The SMILES string of the molecule is CCC(C)(C)C(=O)OCCOC1=C(c2ccc3cc(C(C)C)ccc3n2)C(=O)c2ccccc21.